The van der Waals surface area contributed by atoms with Gasteiger partial charge in [-0.05, 0) is 44.0 Å². The quantitative estimate of drug-likeness (QED) is 0.821. The zero-order chi connectivity index (χ0) is 18.4. The number of carbonyl (C=O) groups excluding carboxylic acids is 1. The number of nitrogens with one attached hydrogen (secondary N) is 1. The topological polar surface area (TPSA) is 67.2 Å². The van der Waals surface area contributed by atoms with Gasteiger partial charge < -0.3 is 10.2 Å². The van der Waals surface area contributed by atoms with E-state index in [0.717, 1.165) is 37.9 Å². The van der Waals surface area contributed by atoms with E-state index in [1.54, 1.807) is 6.07 Å². The maximum absolute atomic E-state index is 13.1. The minimum absolute atomic E-state index is 0. The number of benzene rings is 1. The van der Waals surface area contributed by atoms with E-state index in [2.05, 4.69) is 17.3 Å². The maximum Gasteiger partial charge on any atom is 0.274 e. The van der Waals surface area contributed by atoms with Crippen molar-refractivity contribution in [2.75, 3.05) is 19.6 Å². The van der Waals surface area contributed by atoms with Crippen LogP contribution in [0.15, 0.2) is 47.3 Å². The van der Waals surface area contributed by atoms with E-state index >= 15 is 0 Å². The molecule has 1 aromatic heterocycles. The fourth-order valence-electron chi connectivity index (χ4n) is 3.39. The predicted octanol–water partition coefficient (Wildman–Crippen LogP) is 2.32. The van der Waals surface area contributed by atoms with Crippen molar-refractivity contribution < 1.29 is 4.79 Å². The number of piperidine rings is 1. The summed E-state index contributed by atoms with van der Waals surface area (Å²) in [6.45, 7) is 5.01. The highest BCUT2D eigenvalue weighted by molar-refractivity contribution is 5.92. The molecule has 1 fully saturated rings. The minimum Gasteiger partial charge on any atom is -0.334 e. The number of nitrogens with zero attached hydrogens (tertiary/aromatic N) is 3. The average molecular weight is 391 g/mol. The number of rotatable bonds is 6. The summed E-state index contributed by atoms with van der Waals surface area (Å²) >= 11 is 0. The molecule has 1 saturated heterocycles. The van der Waals surface area contributed by atoms with Crippen molar-refractivity contribution >= 4 is 18.3 Å². The summed E-state index contributed by atoms with van der Waals surface area (Å²) in [7, 11) is 0. The van der Waals surface area contributed by atoms with Crippen molar-refractivity contribution in [1.29, 1.82) is 0 Å². The van der Waals surface area contributed by atoms with E-state index in [1.807, 2.05) is 35.2 Å². The predicted molar refractivity (Wildman–Crippen MR) is 109 cm³/mol. The van der Waals surface area contributed by atoms with Crippen molar-refractivity contribution in [3.63, 3.8) is 0 Å². The summed E-state index contributed by atoms with van der Waals surface area (Å²) in [6.07, 6.45) is 2.81. The van der Waals surface area contributed by atoms with Gasteiger partial charge in [-0.1, -0.05) is 37.3 Å². The molecular formula is C20H27ClN4O2. The lowest BCUT2D eigenvalue weighted by atomic mass is 10.0. The van der Waals surface area contributed by atoms with Gasteiger partial charge in [-0.2, -0.15) is 5.10 Å². The van der Waals surface area contributed by atoms with Gasteiger partial charge in [0, 0.05) is 18.7 Å². The van der Waals surface area contributed by atoms with Gasteiger partial charge in [0.2, 0.25) is 0 Å². The zero-order valence-corrected chi connectivity index (χ0v) is 16.5. The smallest absolute Gasteiger partial charge is 0.274 e. The molecule has 2 aromatic rings. The number of halogens is 1. The number of hydrogen-bond donors (Lipinski definition) is 1. The molecule has 0 atom stereocenters. The molecule has 2 heterocycles. The van der Waals surface area contributed by atoms with E-state index < -0.39 is 0 Å². The summed E-state index contributed by atoms with van der Waals surface area (Å²) in [5.74, 6) is -0.0828. The molecule has 0 saturated carbocycles. The third kappa shape index (κ3) is 5.40. The SMILES string of the molecule is CCCN(C(=O)c1ccc(=O)n(Cc2ccccc2)n1)C1CCNCC1.Cl. The van der Waals surface area contributed by atoms with E-state index in [1.165, 1.54) is 10.7 Å². The molecule has 146 valence electrons. The third-order valence-corrected chi connectivity index (χ3v) is 4.74. The summed E-state index contributed by atoms with van der Waals surface area (Å²) in [6, 6.07) is 12.9. The number of carbonyl (C=O) groups is 1. The van der Waals surface area contributed by atoms with Crippen molar-refractivity contribution in [3.05, 3.63) is 64.1 Å². The Kier molecular flexibility index (Phi) is 8.00. The Labute approximate surface area is 166 Å². The van der Waals surface area contributed by atoms with Crippen LogP contribution in [0.25, 0.3) is 0 Å². The minimum atomic E-state index is -0.200. The Morgan fingerprint density at radius 3 is 2.56 bits per heavy atom. The Morgan fingerprint density at radius 1 is 1.19 bits per heavy atom. The van der Waals surface area contributed by atoms with Gasteiger partial charge in [0.25, 0.3) is 11.5 Å². The van der Waals surface area contributed by atoms with Crippen LogP contribution in [0.3, 0.4) is 0 Å². The van der Waals surface area contributed by atoms with Crippen LogP contribution in [0, 0.1) is 0 Å². The molecule has 1 aromatic carbocycles. The van der Waals surface area contributed by atoms with Gasteiger partial charge in [-0.25, -0.2) is 4.68 Å². The molecule has 0 aliphatic carbocycles. The first-order valence-corrected chi connectivity index (χ1v) is 9.33. The summed E-state index contributed by atoms with van der Waals surface area (Å²) < 4.78 is 1.37. The summed E-state index contributed by atoms with van der Waals surface area (Å²) in [5.41, 5.74) is 1.12. The van der Waals surface area contributed by atoms with Gasteiger partial charge >= 0.3 is 0 Å². The van der Waals surface area contributed by atoms with Crippen LogP contribution in [0.4, 0.5) is 0 Å². The molecule has 27 heavy (non-hydrogen) atoms. The number of amides is 1. The van der Waals surface area contributed by atoms with E-state index in [-0.39, 0.29) is 29.9 Å². The van der Waals surface area contributed by atoms with Crippen molar-refractivity contribution in [3.8, 4) is 0 Å². The lowest BCUT2D eigenvalue weighted by Crippen LogP contribution is -2.47. The Morgan fingerprint density at radius 2 is 1.89 bits per heavy atom. The average Bonchev–Trinajstić information content (AvgIpc) is 2.69. The number of hydrogen-bond acceptors (Lipinski definition) is 4. The standard InChI is InChI=1S/C20H26N4O2.ClH/c1-2-14-23(17-10-12-21-13-11-17)20(26)18-8-9-19(25)24(22-18)15-16-6-4-3-5-7-16;/h3-9,17,21H,2,10-15H2,1H3;1H. The second-order valence-corrected chi connectivity index (χ2v) is 6.68. The normalized spacial score (nSPS) is 14.4. The number of aromatic nitrogens is 2. The molecule has 1 amide bonds. The molecule has 3 rings (SSSR count). The van der Waals surface area contributed by atoms with Crippen LogP contribution in [-0.4, -0.2) is 46.3 Å². The molecule has 6 nitrogen and oxygen atoms in total. The van der Waals surface area contributed by atoms with Crippen LogP contribution in [0.5, 0.6) is 0 Å². The van der Waals surface area contributed by atoms with Crippen LogP contribution in [0.2, 0.25) is 0 Å². The zero-order valence-electron chi connectivity index (χ0n) is 15.6. The highest BCUT2D eigenvalue weighted by Gasteiger charge is 2.26. The maximum atomic E-state index is 13.1. The first kappa shape index (κ1) is 21.1. The molecule has 0 unspecified atom stereocenters. The van der Waals surface area contributed by atoms with Gasteiger partial charge in [-0.3, -0.25) is 9.59 Å². The lowest BCUT2D eigenvalue weighted by molar-refractivity contribution is 0.0633. The molecule has 0 bridgehead atoms. The second-order valence-electron chi connectivity index (χ2n) is 6.68. The van der Waals surface area contributed by atoms with Crippen LogP contribution in [0.1, 0.15) is 42.2 Å². The van der Waals surface area contributed by atoms with Crippen LogP contribution < -0.4 is 10.9 Å². The third-order valence-electron chi connectivity index (χ3n) is 4.74. The Hall–Kier alpha value is -2.18. The van der Waals surface area contributed by atoms with Gasteiger partial charge in [0.05, 0.1) is 6.54 Å². The second kappa shape index (κ2) is 10.2. The fraction of sp³-hybridized carbons (Fsp3) is 0.450. The summed E-state index contributed by atoms with van der Waals surface area (Å²) in [4.78, 5) is 27.2. The molecule has 0 radical (unpaired) electrons. The van der Waals surface area contributed by atoms with E-state index in [4.69, 9.17) is 0 Å². The lowest BCUT2D eigenvalue weighted by Gasteiger charge is -2.34. The van der Waals surface area contributed by atoms with Crippen molar-refractivity contribution in [1.82, 2.24) is 20.0 Å². The monoisotopic (exact) mass is 390 g/mol. The molecular weight excluding hydrogens is 364 g/mol. The first-order chi connectivity index (χ1) is 12.7. The molecule has 1 aliphatic rings. The molecule has 7 heteroatoms. The van der Waals surface area contributed by atoms with E-state index in [9.17, 15) is 9.59 Å². The Bertz CT molecular complexity index is 788. The fourth-order valence-corrected chi connectivity index (χ4v) is 3.39. The largest absolute Gasteiger partial charge is 0.334 e. The first-order valence-electron chi connectivity index (χ1n) is 9.33. The highest BCUT2D eigenvalue weighted by Crippen LogP contribution is 2.15. The Balaban J connectivity index is 0.00000261. The van der Waals surface area contributed by atoms with Gasteiger partial charge in [0.1, 0.15) is 5.69 Å². The highest BCUT2D eigenvalue weighted by atomic mass is 35.5. The van der Waals surface area contributed by atoms with Gasteiger partial charge in [-0.15, -0.1) is 12.4 Å². The van der Waals surface area contributed by atoms with Gasteiger partial charge in [0.15, 0.2) is 0 Å². The van der Waals surface area contributed by atoms with Crippen molar-refractivity contribution in [2.24, 2.45) is 0 Å². The van der Waals surface area contributed by atoms with Crippen LogP contribution >= 0.6 is 12.4 Å². The summed E-state index contributed by atoms with van der Waals surface area (Å²) in [5, 5.41) is 7.70. The molecule has 1 N–H and O–H groups in total. The molecule has 1 aliphatic heterocycles. The van der Waals surface area contributed by atoms with Crippen LogP contribution in [-0.2, 0) is 6.54 Å². The van der Waals surface area contributed by atoms with E-state index in [0.29, 0.717) is 18.8 Å². The van der Waals surface area contributed by atoms with Crippen molar-refractivity contribution in [2.45, 2.75) is 38.8 Å². The molecule has 0 spiro atoms.